The van der Waals surface area contributed by atoms with E-state index in [1.807, 2.05) is 0 Å². The maximum absolute atomic E-state index is 12.2. The van der Waals surface area contributed by atoms with E-state index in [0.717, 1.165) is 45.4 Å². The van der Waals surface area contributed by atoms with E-state index < -0.39 is 0 Å². The predicted octanol–water partition coefficient (Wildman–Crippen LogP) is 1.28. The largest absolute Gasteiger partial charge is 0.348 e. The van der Waals surface area contributed by atoms with Gasteiger partial charge in [-0.3, -0.25) is 9.59 Å². The number of hydrogen-bond donors (Lipinski definition) is 2. The molecule has 0 saturated carbocycles. The van der Waals surface area contributed by atoms with Gasteiger partial charge in [-0.05, 0) is 57.6 Å². The Labute approximate surface area is 162 Å². The van der Waals surface area contributed by atoms with Gasteiger partial charge in [0.15, 0.2) is 0 Å². The zero-order valence-corrected chi connectivity index (χ0v) is 16.8. The molecular formula is C21H32N4O2. The number of amides is 2. The Morgan fingerprint density at radius 2 is 1.93 bits per heavy atom. The molecule has 3 rings (SSSR count). The number of benzene rings is 1. The summed E-state index contributed by atoms with van der Waals surface area (Å²) in [6.45, 7) is 5.88. The highest BCUT2D eigenvalue weighted by molar-refractivity contribution is 5.84. The van der Waals surface area contributed by atoms with Gasteiger partial charge in [0.05, 0.1) is 12.6 Å². The minimum Gasteiger partial charge on any atom is -0.348 e. The molecule has 27 heavy (non-hydrogen) atoms. The zero-order valence-electron chi connectivity index (χ0n) is 16.8. The Bertz CT molecular complexity index is 681. The number of fused-ring (bicyclic) bond motifs is 2. The highest BCUT2D eigenvalue weighted by Gasteiger charge is 2.45. The molecular weight excluding hydrogens is 340 g/mol. The van der Waals surface area contributed by atoms with Crippen LogP contribution in [0, 0.1) is 0 Å². The molecule has 0 unspecified atom stereocenters. The van der Waals surface area contributed by atoms with E-state index in [2.05, 4.69) is 58.8 Å². The summed E-state index contributed by atoms with van der Waals surface area (Å²) in [6.07, 6.45) is 3.23. The molecule has 2 aliphatic rings. The van der Waals surface area contributed by atoms with Crippen molar-refractivity contribution in [1.82, 2.24) is 20.4 Å². The predicted molar refractivity (Wildman–Crippen MR) is 107 cm³/mol. The molecule has 1 spiro atoms. The molecule has 6 nitrogen and oxygen atoms in total. The van der Waals surface area contributed by atoms with E-state index in [1.54, 1.807) is 0 Å². The van der Waals surface area contributed by atoms with Crippen LogP contribution >= 0.6 is 0 Å². The van der Waals surface area contributed by atoms with Gasteiger partial charge in [-0.25, -0.2) is 0 Å². The fraction of sp³-hybridized carbons (Fsp3) is 0.619. The quantitative estimate of drug-likeness (QED) is 0.790. The van der Waals surface area contributed by atoms with Crippen LogP contribution in [0.2, 0.25) is 0 Å². The zero-order chi connectivity index (χ0) is 19.4. The summed E-state index contributed by atoms with van der Waals surface area (Å²) >= 11 is 0. The third-order valence-electron chi connectivity index (χ3n) is 6.01. The normalized spacial score (nSPS) is 21.3. The topological polar surface area (TPSA) is 64.7 Å². The molecule has 0 aromatic heterocycles. The lowest BCUT2D eigenvalue weighted by Crippen LogP contribution is -2.44. The molecule has 1 heterocycles. The van der Waals surface area contributed by atoms with Crippen LogP contribution in [-0.4, -0.2) is 68.4 Å². The molecule has 1 saturated heterocycles. The fourth-order valence-electron chi connectivity index (χ4n) is 4.49. The second kappa shape index (κ2) is 8.40. The van der Waals surface area contributed by atoms with E-state index in [1.165, 1.54) is 18.1 Å². The van der Waals surface area contributed by atoms with Crippen LogP contribution in [-0.2, 0) is 15.0 Å². The third-order valence-corrected chi connectivity index (χ3v) is 6.01. The van der Waals surface area contributed by atoms with Gasteiger partial charge >= 0.3 is 0 Å². The summed E-state index contributed by atoms with van der Waals surface area (Å²) in [4.78, 5) is 28.1. The Morgan fingerprint density at radius 1 is 1.22 bits per heavy atom. The molecule has 1 fully saturated rings. The number of hydrogen-bond acceptors (Lipinski definition) is 4. The highest BCUT2D eigenvalue weighted by Crippen LogP contribution is 2.50. The molecule has 1 aliphatic heterocycles. The molecule has 1 atom stereocenters. The standard InChI is InChI=1S/C21H32N4O2/c1-16(26)22-15-20(27)23-19-14-21(18-7-5-4-6-17(18)19)8-10-25(11-9-21)13-12-24(2)3/h4-7,19H,8-15H2,1-3H3,(H,22,26)(H,23,27)/t19-/m1/s1. The number of likely N-dealkylation sites (N-methyl/N-ethyl adjacent to an activating group) is 1. The van der Waals surface area contributed by atoms with Gasteiger partial charge in [0.25, 0.3) is 0 Å². The first kappa shape index (κ1) is 19.8. The molecule has 1 aliphatic carbocycles. The Hall–Kier alpha value is -1.92. The Morgan fingerprint density at radius 3 is 2.59 bits per heavy atom. The lowest BCUT2D eigenvalue weighted by molar-refractivity contribution is -0.125. The van der Waals surface area contributed by atoms with Crippen molar-refractivity contribution in [2.24, 2.45) is 0 Å². The maximum atomic E-state index is 12.2. The minimum atomic E-state index is -0.182. The summed E-state index contributed by atoms with van der Waals surface area (Å²) in [5, 5.41) is 5.72. The molecule has 6 heteroatoms. The van der Waals surface area contributed by atoms with Crippen molar-refractivity contribution in [2.75, 3.05) is 46.8 Å². The Balaban J connectivity index is 1.66. The van der Waals surface area contributed by atoms with Gasteiger partial charge < -0.3 is 20.4 Å². The fourth-order valence-corrected chi connectivity index (χ4v) is 4.49. The second-order valence-electron chi connectivity index (χ2n) is 8.25. The van der Waals surface area contributed by atoms with Gasteiger partial charge in [0, 0.05) is 25.4 Å². The number of carbonyl (C=O) groups is 2. The molecule has 0 radical (unpaired) electrons. The second-order valence-corrected chi connectivity index (χ2v) is 8.25. The first-order chi connectivity index (χ1) is 12.9. The number of nitrogens with zero attached hydrogens (tertiary/aromatic N) is 2. The van der Waals surface area contributed by atoms with E-state index in [0.29, 0.717) is 0 Å². The first-order valence-corrected chi connectivity index (χ1v) is 9.90. The molecule has 2 N–H and O–H groups in total. The van der Waals surface area contributed by atoms with Crippen LogP contribution in [0.15, 0.2) is 24.3 Å². The summed E-state index contributed by atoms with van der Waals surface area (Å²) in [5.74, 6) is -0.302. The van der Waals surface area contributed by atoms with Gasteiger partial charge in [0.2, 0.25) is 11.8 Å². The average Bonchev–Trinajstić information content (AvgIpc) is 2.93. The summed E-state index contributed by atoms with van der Waals surface area (Å²) in [7, 11) is 4.24. The monoisotopic (exact) mass is 372 g/mol. The lowest BCUT2D eigenvalue weighted by atomic mass is 9.73. The van der Waals surface area contributed by atoms with Crippen LogP contribution in [0.1, 0.15) is 43.4 Å². The van der Waals surface area contributed by atoms with Crippen LogP contribution in [0.4, 0.5) is 0 Å². The van der Waals surface area contributed by atoms with Crippen molar-refractivity contribution in [3.05, 3.63) is 35.4 Å². The van der Waals surface area contributed by atoms with E-state index in [4.69, 9.17) is 0 Å². The van der Waals surface area contributed by atoms with E-state index in [9.17, 15) is 9.59 Å². The third kappa shape index (κ3) is 4.68. The average molecular weight is 373 g/mol. The summed E-state index contributed by atoms with van der Waals surface area (Å²) in [6, 6.07) is 8.59. The molecule has 148 valence electrons. The SMILES string of the molecule is CC(=O)NCC(=O)N[C@@H]1CC2(CCN(CCN(C)C)CC2)c2ccccc21. The lowest BCUT2D eigenvalue weighted by Gasteiger charge is -2.40. The van der Waals surface area contributed by atoms with Crippen molar-refractivity contribution < 1.29 is 9.59 Å². The molecule has 1 aromatic rings. The summed E-state index contributed by atoms with van der Waals surface area (Å²) in [5.41, 5.74) is 2.81. The van der Waals surface area contributed by atoms with Crippen molar-refractivity contribution in [1.29, 1.82) is 0 Å². The van der Waals surface area contributed by atoms with E-state index in [-0.39, 0.29) is 29.8 Å². The molecule has 1 aromatic carbocycles. The smallest absolute Gasteiger partial charge is 0.239 e. The molecule has 2 amide bonds. The number of nitrogens with one attached hydrogen (secondary N) is 2. The first-order valence-electron chi connectivity index (χ1n) is 9.90. The number of carbonyl (C=O) groups excluding carboxylic acids is 2. The van der Waals surface area contributed by atoms with Gasteiger partial charge in [-0.1, -0.05) is 24.3 Å². The highest BCUT2D eigenvalue weighted by atomic mass is 16.2. The van der Waals surface area contributed by atoms with E-state index >= 15 is 0 Å². The maximum Gasteiger partial charge on any atom is 0.239 e. The van der Waals surface area contributed by atoms with Gasteiger partial charge in [0.1, 0.15) is 0 Å². The summed E-state index contributed by atoms with van der Waals surface area (Å²) < 4.78 is 0. The van der Waals surface area contributed by atoms with Gasteiger partial charge in [-0.2, -0.15) is 0 Å². The minimum absolute atomic E-state index is 0.0378. The van der Waals surface area contributed by atoms with Crippen LogP contribution < -0.4 is 10.6 Å². The van der Waals surface area contributed by atoms with Crippen LogP contribution in [0.3, 0.4) is 0 Å². The molecule has 0 bridgehead atoms. The number of piperidine rings is 1. The Kier molecular flexibility index (Phi) is 6.17. The van der Waals surface area contributed by atoms with Crippen molar-refractivity contribution >= 4 is 11.8 Å². The van der Waals surface area contributed by atoms with Gasteiger partial charge in [-0.15, -0.1) is 0 Å². The number of likely N-dealkylation sites (tertiary alicyclic amines) is 1. The van der Waals surface area contributed by atoms with Crippen molar-refractivity contribution in [3.63, 3.8) is 0 Å². The van der Waals surface area contributed by atoms with Crippen molar-refractivity contribution in [2.45, 2.75) is 37.6 Å². The van der Waals surface area contributed by atoms with Crippen LogP contribution in [0.5, 0.6) is 0 Å². The van der Waals surface area contributed by atoms with Crippen molar-refractivity contribution in [3.8, 4) is 0 Å². The van der Waals surface area contributed by atoms with Crippen LogP contribution in [0.25, 0.3) is 0 Å². The number of rotatable bonds is 6.